The number of hydrogen-bond donors (Lipinski definition) is 1. The molecule has 1 nitrogen and oxygen atoms in total. The molecule has 1 aromatic carbocycles. The third-order valence-electron chi connectivity index (χ3n) is 1.46. The van der Waals surface area contributed by atoms with Crippen molar-refractivity contribution < 1.29 is 0 Å². The summed E-state index contributed by atoms with van der Waals surface area (Å²) in [5, 5.41) is 1.28. The zero-order valence-electron chi connectivity index (χ0n) is 4.96. The maximum absolute atomic E-state index is 3.12. The quantitative estimate of drug-likeness (QED) is 0.545. The molecule has 1 N–H and O–H groups in total. The third kappa shape index (κ3) is 0.617. The number of fused-ring (bicyclic) bond motifs is 1. The number of aromatic nitrogens is 1. The average molecular weight is 118 g/mol. The van der Waals surface area contributed by atoms with Crippen LogP contribution in [0.4, 0.5) is 0 Å². The number of H-pyrrole nitrogens is 1. The van der Waals surface area contributed by atoms with Crippen molar-refractivity contribution >= 4 is 10.9 Å². The highest BCUT2D eigenvalue weighted by Crippen LogP contribution is 2.09. The first-order valence-corrected chi connectivity index (χ1v) is 2.99. The molecular formula is C8H7N. The lowest BCUT2D eigenvalue weighted by atomic mass is 10.3. The van der Waals surface area contributed by atoms with Crippen molar-refractivity contribution in [3.05, 3.63) is 36.5 Å². The molecule has 2 rings (SSSR count). The Hall–Kier alpha value is -1.24. The van der Waals surface area contributed by atoms with Gasteiger partial charge in [-0.25, -0.2) is 0 Å². The normalized spacial score (nSPS) is 10.2. The third-order valence-corrected chi connectivity index (χ3v) is 1.46. The van der Waals surface area contributed by atoms with Crippen molar-refractivity contribution in [2.45, 2.75) is 0 Å². The molecule has 44 valence electrons. The molecule has 0 aliphatic heterocycles. The Bertz CT molecular complexity index is 279. The summed E-state index contributed by atoms with van der Waals surface area (Å²) >= 11 is 0. The zero-order valence-corrected chi connectivity index (χ0v) is 4.96. The van der Waals surface area contributed by atoms with Crippen molar-refractivity contribution in [2.24, 2.45) is 0 Å². The largest absolute Gasteiger partial charge is 0.361 e. The van der Waals surface area contributed by atoms with Gasteiger partial charge in [0.1, 0.15) is 0 Å². The number of aromatic amines is 1. The van der Waals surface area contributed by atoms with E-state index in [9.17, 15) is 0 Å². The highest BCUT2D eigenvalue weighted by molar-refractivity contribution is 5.78. The molecule has 1 heteroatoms. The van der Waals surface area contributed by atoms with Crippen LogP contribution in [0.5, 0.6) is 0 Å². The van der Waals surface area contributed by atoms with Gasteiger partial charge in [0.05, 0.1) is 0 Å². The van der Waals surface area contributed by atoms with Crippen molar-refractivity contribution in [1.82, 2.24) is 4.98 Å². The Morgan fingerprint density at radius 3 is 2.78 bits per heavy atom. The van der Waals surface area contributed by atoms with E-state index in [4.69, 9.17) is 0 Å². The van der Waals surface area contributed by atoms with Gasteiger partial charge in [0.2, 0.25) is 0 Å². The smallest absolute Gasteiger partial charge is 0.0453 e. The Morgan fingerprint density at radius 1 is 1.00 bits per heavy atom. The van der Waals surface area contributed by atoms with E-state index in [1.165, 1.54) is 10.9 Å². The monoisotopic (exact) mass is 118 g/mol. The van der Waals surface area contributed by atoms with Crippen LogP contribution in [-0.4, -0.2) is 4.98 Å². The van der Waals surface area contributed by atoms with E-state index in [1.807, 2.05) is 18.3 Å². The van der Waals surface area contributed by atoms with Gasteiger partial charge in [-0.05, 0) is 17.5 Å². The van der Waals surface area contributed by atoms with Crippen molar-refractivity contribution in [3.63, 3.8) is 0 Å². The molecule has 0 aliphatic rings. The fourth-order valence-electron chi connectivity index (χ4n) is 0.995. The number of benzene rings is 1. The van der Waals surface area contributed by atoms with E-state index in [0.717, 1.165) is 0 Å². The average Bonchev–Trinajstić information content (AvgIpc) is 2.33. The molecule has 9 heavy (non-hydrogen) atoms. The van der Waals surface area contributed by atoms with Gasteiger partial charge in [-0.1, -0.05) is 18.2 Å². The first-order chi connectivity index (χ1) is 4.47. The summed E-state index contributed by atoms with van der Waals surface area (Å²) in [7, 11) is 0. The van der Waals surface area contributed by atoms with Crippen LogP contribution < -0.4 is 0 Å². The second-order valence-corrected chi connectivity index (χ2v) is 2.06. The number of para-hydroxylation sites is 1. The lowest BCUT2D eigenvalue weighted by Crippen LogP contribution is -1.61. The molecule has 0 aliphatic carbocycles. The van der Waals surface area contributed by atoms with Gasteiger partial charge in [0.15, 0.2) is 0 Å². The lowest BCUT2D eigenvalue weighted by molar-refractivity contribution is 1.48. The minimum atomic E-state index is 1.21. The lowest BCUT2D eigenvalue weighted by Gasteiger charge is -1.83. The SMILES string of the molecule is c1c[13cH]c2cc[nH]c2c1. The maximum Gasteiger partial charge on any atom is 0.0453 e. The van der Waals surface area contributed by atoms with Gasteiger partial charge in [0, 0.05) is 11.7 Å². The van der Waals surface area contributed by atoms with E-state index in [2.05, 4.69) is 23.2 Å². The second-order valence-electron chi connectivity index (χ2n) is 2.06. The Morgan fingerprint density at radius 2 is 1.89 bits per heavy atom. The van der Waals surface area contributed by atoms with E-state index in [-0.39, 0.29) is 0 Å². The van der Waals surface area contributed by atoms with Crippen LogP contribution >= 0.6 is 0 Å². The van der Waals surface area contributed by atoms with Crippen molar-refractivity contribution in [2.75, 3.05) is 0 Å². The van der Waals surface area contributed by atoms with Gasteiger partial charge in [-0.2, -0.15) is 0 Å². The van der Waals surface area contributed by atoms with Crippen LogP contribution in [0, 0.1) is 0 Å². The molecule has 1 heterocycles. The summed E-state index contributed by atoms with van der Waals surface area (Å²) in [4.78, 5) is 3.12. The predicted molar refractivity (Wildman–Crippen MR) is 38.3 cm³/mol. The Kier molecular flexibility index (Phi) is 0.833. The Labute approximate surface area is 53.3 Å². The Balaban J connectivity index is 2.95. The highest BCUT2D eigenvalue weighted by atomic mass is 14.7. The van der Waals surface area contributed by atoms with Crippen LogP contribution in [-0.2, 0) is 0 Å². The molecule has 0 bridgehead atoms. The summed E-state index contributed by atoms with van der Waals surface area (Å²) < 4.78 is 0. The summed E-state index contributed by atoms with van der Waals surface area (Å²) in [6.07, 6.45) is 1.95. The maximum atomic E-state index is 3.12. The van der Waals surface area contributed by atoms with Crippen LogP contribution in [0.25, 0.3) is 10.9 Å². The molecule has 1 aromatic heterocycles. The number of rotatable bonds is 0. The highest BCUT2D eigenvalue weighted by Gasteiger charge is 1.86. The van der Waals surface area contributed by atoms with E-state index in [1.54, 1.807) is 0 Å². The number of nitrogens with one attached hydrogen (secondary N) is 1. The fourth-order valence-corrected chi connectivity index (χ4v) is 0.995. The summed E-state index contributed by atoms with van der Waals surface area (Å²) in [5.74, 6) is 0. The van der Waals surface area contributed by atoms with Gasteiger partial charge in [-0.15, -0.1) is 0 Å². The minimum Gasteiger partial charge on any atom is -0.361 e. The molecule has 0 spiro atoms. The zero-order chi connectivity index (χ0) is 6.10. The molecule has 0 fully saturated rings. The molecule has 0 saturated heterocycles. The predicted octanol–water partition coefficient (Wildman–Crippen LogP) is 2.17. The second kappa shape index (κ2) is 1.62. The summed E-state index contributed by atoms with van der Waals surface area (Å²) in [6, 6.07) is 10.3. The van der Waals surface area contributed by atoms with Crippen LogP contribution in [0.15, 0.2) is 36.5 Å². The first-order valence-electron chi connectivity index (χ1n) is 2.99. The number of hydrogen-bond acceptors (Lipinski definition) is 0. The van der Waals surface area contributed by atoms with Crippen LogP contribution in [0.2, 0.25) is 0 Å². The minimum absolute atomic E-state index is 1.21. The summed E-state index contributed by atoms with van der Waals surface area (Å²) in [6.45, 7) is 0. The van der Waals surface area contributed by atoms with Crippen molar-refractivity contribution in [3.8, 4) is 0 Å². The van der Waals surface area contributed by atoms with Crippen molar-refractivity contribution in [1.29, 1.82) is 0 Å². The first kappa shape index (κ1) is 4.62. The van der Waals surface area contributed by atoms with E-state index < -0.39 is 0 Å². The molecule has 2 aromatic rings. The van der Waals surface area contributed by atoms with E-state index in [0.29, 0.717) is 0 Å². The van der Waals surface area contributed by atoms with Gasteiger partial charge in [0.25, 0.3) is 0 Å². The summed E-state index contributed by atoms with van der Waals surface area (Å²) in [5.41, 5.74) is 1.21. The standard InChI is InChI=1S/C8H7N/c1-2-4-8-7(3-1)5-6-9-8/h1-6,9H/i3+1. The molecule has 0 atom stereocenters. The van der Waals surface area contributed by atoms with E-state index >= 15 is 0 Å². The topological polar surface area (TPSA) is 15.8 Å². The molecule has 0 unspecified atom stereocenters. The van der Waals surface area contributed by atoms with Crippen LogP contribution in [0.3, 0.4) is 0 Å². The van der Waals surface area contributed by atoms with Crippen LogP contribution in [0.1, 0.15) is 0 Å². The molecule has 0 amide bonds. The van der Waals surface area contributed by atoms with Gasteiger partial charge >= 0.3 is 0 Å². The molecule has 0 radical (unpaired) electrons. The molecular weight excluding hydrogens is 111 g/mol. The van der Waals surface area contributed by atoms with Gasteiger partial charge in [-0.3, -0.25) is 0 Å². The molecule has 0 saturated carbocycles. The van der Waals surface area contributed by atoms with Gasteiger partial charge < -0.3 is 4.98 Å². The fraction of sp³-hybridized carbons (Fsp3) is 0.